The molecule has 0 fully saturated rings. The van der Waals surface area contributed by atoms with Gasteiger partial charge in [0.2, 0.25) is 0 Å². The Hall–Kier alpha value is -3.16. The number of aromatic amines is 1. The van der Waals surface area contributed by atoms with Gasteiger partial charge in [-0.05, 0) is 12.5 Å². The van der Waals surface area contributed by atoms with E-state index in [0.717, 1.165) is 54.9 Å². The van der Waals surface area contributed by atoms with E-state index in [2.05, 4.69) is 59.4 Å². The fourth-order valence-corrected chi connectivity index (χ4v) is 2.74. The highest BCUT2D eigenvalue weighted by Crippen LogP contribution is 2.16. The van der Waals surface area contributed by atoms with Crippen LogP contribution in [-0.2, 0) is 19.5 Å². The van der Waals surface area contributed by atoms with Gasteiger partial charge in [0, 0.05) is 26.1 Å². The number of aryl methyl sites for hydroxylation is 1. The highest BCUT2D eigenvalue weighted by atomic mass is 15.3. The smallest absolute Gasteiger partial charge is 0.191 e. The average Bonchev–Trinajstić information content (AvgIpc) is 3.36. The predicted octanol–water partition coefficient (Wildman–Crippen LogP) is 1.99. The van der Waals surface area contributed by atoms with E-state index in [1.807, 2.05) is 31.3 Å². The molecule has 0 saturated heterocycles. The van der Waals surface area contributed by atoms with Gasteiger partial charge in [-0.25, -0.2) is 9.98 Å². The maximum absolute atomic E-state index is 4.61. The Bertz CT molecular complexity index is 849. The Balaban J connectivity index is 1.56. The second-order valence-corrected chi connectivity index (χ2v) is 6.03. The molecule has 3 N–H and O–H groups in total. The van der Waals surface area contributed by atoms with Gasteiger partial charge in [0.05, 0.1) is 11.9 Å². The number of hydrogen-bond acceptors (Lipinski definition) is 4. The van der Waals surface area contributed by atoms with Crippen LogP contribution in [0.25, 0.3) is 11.3 Å². The van der Waals surface area contributed by atoms with Crippen molar-refractivity contribution in [3.63, 3.8) is 0 Å². The van der Waals surface area contributed by atoms with E-state index in [1.165, 1.54) is 0 Å². The lowest BCUT2D eigenvalue weighted by atomic mass is 10.2. The number of imidazole rings is 1. The Morgan fingerprint density at radius 1 is 1.19 bits per heavy atom. The monoisotopic (exact) mass is 366 g/mol. The molecule has 0 radical (unpaired) electrons. The van der Waals surface area contributed by atoms with Crippen LogP contribution in [0.5, 0.6) is 0 Å². The number of aliphatic imine (C=N–C) groups is 1. The first-order chi connectivity index (χ1) is 13.3. The average molecular weight is 366 g/mol. The summed E-state index contributed by atoms with van der Waals surface area (Å²) in [7, 11) is 0. The molecular weight excluding hydrogens is 340 g/mol. The van der Waals surface area contributed by atoms with Gasteiger partial charge in [-0.15, -0.1) is 10.2 Å². The summed E-state index contributed by atoms with van der Waals surface area (Å²) in [5, 5.41) is 14.7. The number of rotatable bonds is 8. The van der Waals surface area contributed by atoms with Crippen molar-refractivity contribution in [1.82, 2.24) is 35.4 Å². The molecule has 2 aromatic heterocycles. The van der Waals surface area contributed by atoms with Gasteiger partial charge < -0.3 is 20.2 Å². The van der Waals surface area contributed by atoms with E-state index < -0.39 is 0 Å². The molecule has 0 saturated carbocycles. The maximum atomic E-state index is 4.61. The zero-order valence-corrected chi connectivity index (χ0v) is 15.8. The van der Waals surface area contributed by atoms with Crippen molar-refractivity contribution in [3.8, 4) is 11.3 Å². The molecule has 2 heterocycles. The van der Waals surface area contributed by atoms with E-state index >= 15 is 0 Å². The number of benzene rings is 1. The lowest BCUT2D eigenvalue weighted by Crippen LogP contribution is -2.39. The Labute approximate surface area is 159 Å². The van der Waals surface area contributed by atoms with Crippen LogP contribution in [0.15, 0.2) is 47.8 Å². The molecule has 0 bridgehead atoms. The topological polar surface area (TPSA) is 95.8 Å². The lowest BCUT2D eigenvalue weighted by molar-refractivity contribution is 0.632. The third-order valence-corrected chi connectivity index (χ3v) is 4.10. The first-order valence-electron chi connectivity index (χ1n) is 9.28. The van der Waals surface area contributed by atoms with E-state index in [-0.39, 0.29) is 0 Å². The number of nitrogens with one attached hydrogen (secondary N) is 3. The van der Waals surface area contributed by atoms with Crippen LogP contribution in [0.2, 0.25) is 0 Å². The van der Waals surface area contributed by atoms with E-state index in [9.17, 15) is 0 Å². The summed E-state index contributed by atoms with van der Waals surface area (Å²) in [6.07, 6.45) is 4.48. The van der Waals surface area contributed by atoms with Crippen molar-refractivity contribution < 1.29 is 0 Å². The summed E-state index contributed by atoms with van der Waals surface area (Å²) in [5.41, 5.74) is 2.12. The first-order valence-corrected chi connectivity index (χ1v) is 9.28. The highest BCUT2D eigenvalue weighted by Gasteiger charge is 2.04. The number of hydrogen-bond donors (Lipinski definition) is 3. The maximum Gasteiger partial charge on any atom is 0.191 e. The third kappa shape index (κ3) is 5.16. The number of nitrogens with zero attached hydrogens (tertiary/aromatic N) is 5. The predicted molar refractivity (Wildman–Crippen MR) is 106 cm³/mol. The van der Waals surface area contributed by atoms with Crippen molar-refractivity contribution in [3.05, 3.63) is 54.5 Å². The molecule has 3 rings (SSSR count). The quantitative estimate of drug-likeness (QED) is 0.418. The largest absolute Gasteiger partial charge is 0.357 e. The molecule has 1 aromatic carbocycles. The Morgan fingerprint density at radius 3 is 2.81 bits per heavy atom. The summed E-state index contributed by atoms with van der Waals surface area (Å²) in [6, 6.07) is 10.1. The SMILES string of the molecule is CCNC(=NCc1ncc(-c2ccccc2)[nH]1)NCCn1cnnc1CC. The van der Waals surface area contributed by atoms with Crippen molar-refractivity contribution in [2.75, 3.05) is 13.1 Å². The van der Waals surface area contributed by atoms with Gasteiger partial charge in [-0.3, -0.25) is 0 Å². The van der Waals surface area contributed by atoms with Crippen molar-refractivity contribution in [2.45, 2.75) is 33.4 Å². The lowest BCUT2D eigenvalue weighted by Gasteiger charge is -2.12. The van der Waals surface area contributed by atoms with Crippen molar-refractivity contribution in [2.24, 2.45) is 4.99 Å². The zero-order valence-electron chi connectivity index (χ0n) is 15.8. The van der Waals surface area contributed by atoms with Crippen molar-refractivity contribution in [1.29, 1.82) is 0 Å². The molecule has 0 atom stereocenters. The molecule has 0 amide bonds. The second-order valence-electron chi connectivity index (χ2n) is 6.03. The Morgan fingerprint density at radius 2 is 2.04 bits per heavy atom. The molecule has 0 aliphatic heterocycles. The standard InChI is InChI=1S/C19H26N8/c1-3-18-26-24-14-27(18)11-10-21-19(20-4-2)23-13-17-22-12-16(25-17)15-8-6-5-7-9-15/h5-9,12,14H,3-4,10-11,13H2,1-2H3,(H,22,25)(H2,20,21,23). The van der Waals surface area contributed by atoms with Crippen molar-refractivity contribution >= 4 is 5.96 Å². The van der Waals surface area contributed by atoms with E-state index in [1.54, 1.807) is 6.33 Å². The van der Waals surface area contributed by atoms with Gasteiger partial charge >= 0.3 is 0 Å². The molecular formula is C19H26N8. The van der Waals surface area contributed by atoms with Gasteiger partial charge in [0.15, 0.2) is 5.96 Å². The van der Waals surface area contributed by atoms with E-state index in [0.29, 0.717) is 6.54 Å². The molecule has 142 valence electrons. The minimum atomic E-state index is 0.481. The van der Waals surface area contributed by atoms with Crippen LogP contribution in [0, 0.1) is 0 Å². The number of H-pyrrole nitrogens is 1. The first kappa shape index (κ1) is 18.6. The van der Waals surface area contributed by atoms with Crippen LogP contribution in [0.1, 0.15) is 25.5 Å². The molecule has 0 spiro atoms. The number of guanidine groups is 1. The molecule has 3 aromatic rings. The molecule has 8 heteroatoms. The zero-order chi connectivity index (χ0) is 18.9. The molecule has 0 aliphatic rings. The van der Waals surface area contributed by atoms with Gasteiger partial charge in [0.25, 0.3) is 0 Å². The summed E-state index contributed by atoms with van der Waals surface area (Å²) in [4.78, 5) is 12.4. The highest BCUT2D eigenvalue weighted by molar-refractivity contribution is 5.79. The van der Waals surface area contributed by atoms with Gasteiger partial charge in [-0.2, -0.15) is 0 Å². The molecule has 27 heavy (non-hydrogen) atoms. The summed E-state index contributed by atoms with van der Waals surface area (Å²) in [6.45, 7) is 6.93. The van der Waals surface area contributed by atoms with Crippen LogP contribution in [0.3, 0.4) is 0 Å². The third-order valence-electron chi connectivity index (χ3n) is 4.10. The second kappa shape index (κ2) is 9.51. The fraction of sp³-hybridized carbons (Fsp3) is 0.368. The van der Waals surface area contributed by atoms with Gasteiger partial charge in [-0.1, -0.05) is 37.3 Å². The van der Waals surface area contributed by atoms with Crippen LogP contribution >= 0.6 is 0 Å². The minimum absolute atomic E-state index is 0.481. The summed E-state index contributed by atoms with van der Waals surface area (Å²) in [5.74, 6) is 2.59. The van der Waals surface area contributed by atoms with Crippen LogP contribution < -0.4 is 10.6 Å². The van der Waals surface area contributed by atoms with Gasteiger partial charge in [0.1, 0.15) is 24.5 Å². The van der Waals surface area contributed by atoms with Crippen LogP contribution in [0.4, 0.5) is 0 Å². The summed E-state index contributed by atoms with van der Waals surface area (Å²) >= 11 is 0. The normalized spacial score (nSPS) is 11.6. The van der Waals surface area contributed by atoms with E-state index in [4.69, 9.17) is 0 Å². The molecule has 0 unspecified atom stereocenters. The molecule has 0 aliphatic carbocycles. The minimum Gasteiger partial charge on any atom is -0.357 e. The number of aromatic nitrogens is 5. The summed E-state index contributed by atoms with van der Waals surface area (Å²) < 4.78 is 2.05. The fourth-order valence-electron chi connectivity index (χ4n) is 2.74. The Kier molecular flexibility index (Phi) is 6.56. The molecule has 8 nitrogen and oxygen atoms in total. The van der Waals surface area contributed by atoms with Crippen LogP contribution in [-0.4, -0.2) is 43.8 Å².